The fraction of sp³-hybridized carbons (Fsp3) is 0.0385. The van der Waals surface area contributed by atoms with Crippen molar-refractivity contribution in [2.75, 3.05) is 0 Å². The van der Waals surface area contributed by atoms with E-state index >= 15 is 0 Å². The van der Waals surface area contributed by atoms with Gasteiger partial charge in [-0.25, -0.2) is 0 Å². The summed E-state index contributed by atoms with van der Waals surface area (Å²) < 4.78 is 0.313. The largest absolute Gasteiger partial charge is 0.285 e. The molecule has 4 aromatic rings. The summed E-state index contributed by atoms with van der Waals surface area (Å²) in [6, 6.07) is 27.7. The monoisotopic (exact) mass is 454 g/mol. The Bertz CT molecular complexity index is 1420. The van der Waals surface area contributed by atoms with E-state index in [0.717, 1.165) is 32.7 Å². The average Bonchev–Trinajstić information content (AvgIpc) is 3.07. The van der Waals surface area contributed by atoms with E-state index in [-0.39, 0.29) is 18.2 Å². The third-order valence-electron chi connectivity index (χ3n) is 5.37. The van der Waals surface area contributed by atoms with Gasteiger partial charge in [0, 0.05) is 0 Å². The van der Waals surface area contributed by atoms with Crippen molar-refractivity contribution in [1.29, 1.82) is 0 Å². The van der Waals surface area contributed by atoms with Gasteiger partial charge in [0.15, 0.2) is 4.32 Å². The van der Waals surface area contributed by atoms with Crippen LogP contribution in [0, 0.1) is 0 Å². The summed E-state index contributed by atoms with van der Waals surface area (Å²) in [4.78, 5) is 26.2. The normalized spacial score (nSPS) is 15.1. The number of nitrogens with one attached hydrogen (secondary N) is 1. The van der Waals surface area contributed by atoms with Crippen molar-refractivity contribution in [2.24, 2.45) is 0 Å². The second kappa shape index (κ2) is 8.57. The van der Waals surface area contributed by atoms with Crippen molar-refractivity contribution in [3.63, 3.8) is 0 Å². The molecule has 0 unspecified atom stereocenters. The minimum atomic E-state index is -0.320. The first kappa shape index (κ1) is 20.4. The number of hydrogen-bond acceptors (Lipinski definition) is 4. The smallest absolute Gasteiger partial charge is 0.273 e. The number of thioether (sulfide) groups is 1. The van der Waals surface area contributed by atoms with Crippen molar-refractivity contribution in [1.82, 2.24) is 10.4 Å². The number of nitrogens with zero attached hydrogens (tertiary/aromatic N) is 1. The Morgan fingerprint density at radius 3 is 2.28 bits per heavy atom. The summed E-state index contributed by atoms with van der Waals surface area (Å²) in [7, 11) is 0. The molecule has 0 atom stereocenters. The topological polar surface area (TPSA) is 49.4 Å². The Hall–Kier alpha value is -3.48. The standard InChI is InChI=1S/C26H18N2O2S2/c29-24(16-20-12-6-10-18-8-2-4-14-22(18)20)27-28-25(30)23(32-26(28)31)15-19-11-5-9-17-7-1-3-13-21(17)19/h1-15H,16H2,(H,27,29). The summed E-state index contributed by atoms with van der Waals surface area (Å²) in [5, 5.41) is 5.41. The van der Waals surface area contributed by atoms with E-state index in [9.17, 15) is 9.59 Å². The molecule has 4 nitrogen and oxygen atoms in total. The summed E-state index contributed by atoms with van der Waals surface area (Å²) in [6.07, 6.45) is 1.99. The zero-order valence-corrected chi connectivity index (χ0v) is 18.6. The van der Waals surface area contributed by atoms with E-state index in [0.29, 0.717) is 9.23 Å². The van der Waals surface area contributed by atoms with Crippen LogP contribution in [0.5, 0.6) is 0 Å². The second-order valence-electron chi connectivity index (χ2n) is 7.44. The number of rotatable bonds is 4. The maximum atomic E-state index is 13.0. The zero-order chi connectivity index (χ0) is 22.1. The van der Waals surface area contributed by atoms with E-state index in [1.165, 1.54) is 16.8 Å². The van der Waals surface area contributed by atoms with Crippen LogP contribution in [0.1, 0.15) is 11.1 Å². The zero-order valence-electron chi connectivity index (χ0n) is 16.9. The highest BCUT2D eigenvalue weighted by molar-refractivity contribution is 8.26. The molecule has 0 aliphatic carbocycles. The van der Waals surface area contributed by atoms with Crippen LogP contribution in [0.25, 0.3) is 27.6 Å². The Kier molecular flexibility index (Phi) is 5.47. The number of amides is 2. The fourth-order valence-electron chi connectivity index (χ4n) is 3.87. The highest BCUT2D eigenvalue weighted by Crippen LogP contribution is 2.33. The van der Waals surface area contributed by atoms with Gasteiger partial charge < -0.3 is 0 Å². The van der Waals surface area contributed by atoms with E-state index in [4.69, 9.17) is 12.2 Å². The molecule has 1 heterocycles. The third kappa shape index (κ3) is 3.90. The molecule has 2 amide bonds. The molecule has 1 N–H and O–H groups in total. The summed E-state index contributed by atoms with van der Waals surface area (Å²) in [5.74, 6) is -0.608. The molecule has 0 aromatic heterocycles. The van der Waals surface area contributed by atoms with Crippen LogP contribution in [0.15, 0.2) is 89.8 Å². The van der Waals surface area contributed by atoms with Crippen molar-refractivity contribution in [3.8, 4) is 0 Å². The molecule has 1 aliphatic rings. The second-order valence-corrected chi connectivity index (χ2v) is 9.11. The molecular weight excluding hydrogens is 436 g/mol. The summed E-state index contributed by atoms with van der Waals surface area (Å²) in [6.45, 7) is 0. The lowest BCUT2D eigenvalue weighted by molar-refractivity contribution is -0.132. The molecule has 1 saturated heterocycles. The van der Waals surface area contributed by atoms with E-state index in [1.807, 2.05) is 91.0 Å². The van der Waals surface area contributed by atoms with Crippen LogP contribution >= 0.6 is 24.0 Å². The molecule has 156 valence electrons. The number of hydrazine groups is 1. The van der Waals surface area contributed by atoms with E-state index in [2.05, 4.69) is 5.43 Å². The van der Waals surface area contributed by atoms with Gasteiger partial charge in [-0.3, -0.25) is 15.0 Å². The molecule has 0 saturated carbocycles. The van der Waals surface area contributed by atoms with Gasteiger partial charge in [0.05, 0.1) is 11.3 Å². The molecule has 5 rings (SSSR count). The SMILES string of the molecule is O=C(Cc1cccc2ccccc12)NN1C(=O)C(=Cc2cccc3ccccc23)SC1=S. The Morgan fingerprint density at radius 1 is 0.875 bits per heavy atom. The lowest BCUT2D eigenvalue weighted by Gasteiger charge is -2.16. The first-order chi connectivity index (χ1) is 15.6. The van der Waals surface area contributed by atoms with Crippen LogP contribution < -0.4 is 5.43 Å². The van der Waals surface area contributed by atoms with Crippen LogP contribution in [0.3, 0.4) is 0 Å². The molecule has 1 aliphatic heterocycles. The minimum absolute atomic E-state index is 0.154. The lowest BCUT2D eigenvalue weighted by atomic mass is 10.0. The summed E-state index contributed by atoms with van der Waals surface area (Å²) >= 11 is 6.57. The molecule has 0 spiro atoms. The van der Waals surface area contributed by atoms with Crippen molar-refractivity contribution in [3.05, 3.63) is 101 Å². The molecule has 6 heteroatoms. The van der Waals surface area contributed by atoms with Crippen LogP contribution in [-0.4, -0.2) is 21.1 Å². The highest BCUT2D eigenvalue weighted by atomic mass is 32.2. The van der Waals surface area contributed by atoms with Crippen molar-refractivity contribution < 1.29 is 9.59 Å². The number of fused-ring (bicyclic) bond motifs is 2. The molecule has 4 aromatic carbocycles. The fourth-order valence-corrected chi connectivity index (χ4v) is 5.04. The van der Waals surface area contributed by atoms with Crippen LogP contribution in [-0.2, 0) is 16.0 Å². The number of carbonyl (C=O) groups is 2. The van der Waals surface area contributed by atoms with Gasteiger partial charge in [0.2, 0.25) is 5.91 Å². The Balaban J connectivity index is 1.36. The van der Waals surface area contributed by atoms with Gasteiger partial charge in [-0.05, 0) is 51.0 Å². The van der Waals surface area contributed by atoms with Gasteiger partial charge in [0.1, 0.15) is 0 Å². The third-order valence-corrected chi connectivity index (χ3v) is 6.67. The van der Waals surface area contributed by atoms with Gasteiger partial charge in [-0.15, -0.1) is 0 Å². The molecule has 0 bridgehead atoms. The highest BCUT2D eigenvalue weighted by Gasteiger charge is 2.33. The first-order valence-electron chi connectivity index (χ1n) is 10.1. The molecule has 1 fully saturated rings. The van der Waals surface area contributed by atoms with Crippen molar-refractivity contribution in [2.45, 2.75) is 6.42 Å². The molecular formula is C26H18N2O2S2. The number of benzene rings is 4. The minimum Gasteiger partial charge on any atom is -0.273 e. The van der Waals surface area contributed by atoms with Gasteiger partial charge in [-0.2, -0.15) is 5.01 Å². The Morgan fingerprint density at radius 2 is 1.50 bits per heavy atom. The average molecular weight is 455 g/mol. The van der Waals surface area contributed by atoms with E-state index in [1.54, 1.807) is 0 Å². The number of hydrogen-bond donors (Lipinski definition) is 1. The molecule has 32 heavy (non-hydrogen) atoms. The van der Waals surface area contributed by atoms with Gasteiger partial charge >= 0.3 is 0 Å². The quantitative estimate of drug-likeness (QED) is 0.328. The van der Waals surface area contributed by atoms with Gasteiger partial charge in [-0.1, -0.05) is 96.7 Å². The predicted molar refractivity (Wildman–Crippen MR) is 135 cm³/mol. The maximum absolute atomic E-state index is 13.0. The maximum Gasteiger partial charge on any atom is 0.285 e. The van der Waals surface area contributed by atoms with Crippen molar-refractivity contribution >= 4 is 67.7 Å². The lowest BCUT2D eigenvalue weighted by Crippen LogP contribution is -2.45. The van der Waals surface area contributed by atoms with Crippen LogP contribution in [0.4, 0.5) is 0 Å². The summed E-state index contributed by atoms with van der Waals surface area (Å²) in [5.41, 5.74) is 4.52. The number of carbonyl (C=O) groups excluding carboxylic acids is 2. The van der Waals surface area contributed by atoms with E-state index < -0.39 is 0 Å². The Labute approximate surface area is 194 Å². The van der Waals surface area contributed by atoms with Gasteiger partial charge in [0.25, 0.3) is 5.91 Å². The molecule has 0 radical (unpaired) electrons. The number of thiocarbonyl (C=S) groups is 1. The predicted octanol–water partition coefficient (Wildman–Crippen LogP) is 5.47. The van der Waals surface area contributed by atoms with Crippen LogP contribution in [0.2, 0.25) is 0 Å². The first-order valence-corrected chi connectivity index (χ1v) is 11.3.